The van der Waals surface area contributed by atoms with E-state index in [1.54, 1.807) is 12.4 Å². The first kappa shape index (κ1) is 17.8. The van der Waals surface area contributed by atoms with Gasteiger partial charge in [-0.1, -0.05) is 0 Å². The van der Waals surface area contributed by atoms with Gasteiger partial charge < -0.3 is 14.7 Å². The molecule has 0 bridgehead atoms. The molecule has 4 rings (SSSR count). The summed E-state index contributed by atoms with van der Waals surface area (Å²) in [6.07, 6.45) is 4.70. The van der Waals surface area contributed by atoms with Gasteiger partial charge >= 0.3 is 0 Å². The molecule has 4 heterocycles. The van der Waals surface area contributed by atoms with Crippen molar-refractivity contribution in [3.63, 3.8) is 0 Å². The lowest BCUT2D eigenvalue weighted by molar-refractivity contribution is 0.0756. The van der Waals surface area contributed by atoms with Gasteiger partial charge in [0, 0.05) is 51.9 Å². The molecule has 1 fully saturated rings. The quantitative estimate of drug-likeness (QED) is 0.768. The van der Waals surface area contributed by atoms with E-state index >= 15 is 0 Å². The second-order valence-corrected chi connectivity index (χ2v) is 7.30. The lowest BCUT2D eigenvalue weighted by Gasteiger charge is -2.33. The van der Waals surface area contributed by atoms with E-state index in [-0.39, 0.29) is 5.91 Å². The summed E-state index contributed by atoms with van der Waals surface area (Å²) in [5.41, 5.74) is 3.40. The van der Waals surface area contributed by atoms with E-state index in [4.69, 9.17) is 0 Å². The first-order valence-electron chi connectivity index (χ1n) is 9.47. The Bertz CT molecular complexity index is 815. The van der Waals surface area contributed by atoms with Crippen LogP contribution < -0.4 is 4.90 Å². The molecule has 8 nitrogen and oxygen atoms in total. The second kappa shape index (κ2) is 7.56. The zero-order chi connectivity index (χ0) is 18.8. The second-order valence-electron chi connectivity index (χ2n) is 7.30. The van der Waals surface area contributed by atoms with Crippen LogP contribution in [0.2, 0.25) is 0 Å². The monoisotopic (exact) mass is 367 g/mol. The first-order valence-corrected chi connectivity index (χ1v) is 9.47. The Morgan fingerprint density at radius 3 is 2.48 bits per heavy atom. The number of carbonyl (C=O) groups excluding carboxylic acids is 1. The third kappa shape index (κ3) is 3.90. The zero-order valence-electron chi connectivity index (χ0n) is 15.9. The highest BCUT2D eigenvalue weighted by Crippen LogP contribution is 2.20. The summed E-state index contributed by atoms with van der Waals surface area (Å²) in [7, 11) is 2.14. The number of anilines is 1. The zero-order valence-corrected chi connectivity index (χ0v) is 15.9. The normalized spacial score (nSPS) is 18.1. The molecule has 0 aromatic carbocycles. The average molecular weight is 367 g/mol. The number of nitrogens with zero attached hydrogens (tertiary/aromatic N) is 7. The van der Waals surface area contributed by atoms with Crippen LogP contribution in [0.25, 0.3) is 0 Å². The molecule has 0 aliphatic carbocycles. The minimum absolute atomic E-state index is 0.0671. The smallest absolute Gasteiger partial charge is 0.274 e. The molecule has 2 aliphatic rings. The standard InChI is InChI=1S/C19H25N7O/c1-14-12-21-17(13-20-14)19(27)26-5-3-15-11-18(23-22-16(15)4-6-26)25-9-7-24(2)8-10-25/h11-13H,3-10H2,1-2H3. The van der Waals surface area contributed by atoms with Gasteiger partial charge in [0.2, 0.25) is 0 Å². The molecule has 27 heavy (non-hydrogen) atoms. The van der Waals surface area contributed by atoms with E-state index in [9.17, 15) is 4.79 Å². The van der Waals surface area contributed by atoms with Gasteiger partial charge in [0.25, 0.3) is 5.91 Å². The van der Waals surface area contributed by atoms with Crippen molar-refractivity contribution < 1.29 is 4.79 Å². The molecule has 2 aromatic heterocycles. The minimum atomic E-state index is -0.0671. The highest BCUT2D eigenvalue weighted by atomic mass is 16.2. The van der Waals surface area contributed by atoms with Crippen LogP contribution in [0.4, 0.5) is 5.82 Å². The van der Waals surface area contributed by atoms with Gasteiger partial charge in [-0.2, -0.15) is 5.10 Å². The van der Waals surface area contributed by atoms with E-state index in [0.717, 1.165) is 56.2 Å². The number of likely N-dealkylation sites (N-methyl/N-ethyl adjacent to an activating group) is 1. The molecule has 0 radical (unpaired) electrons. The number of rotatable bonds is 2. The van der Waals surface area contributed by atoms with Gasteiger partial charge in [-0.3, -0.25) is 9.78 Å². The molecule has 8 heteroatoms. The molecule has 0 saturated carbocycles. The number of piperazine rings is 1. The molecular formula is C19H25N7O. The van der Waals surface area contributed by atoms with Crippen LogP contribution in [-0.4, -0.2) is 82.2 Å². The molecule has 1 saturated heterocycles. The van der Waals surface area contributed by atoms with Gasteiger partial charge in [0.15, 0.2) is 5.82 Å². The number of carbonyl (C=O) groups is 1. The molecular weight excluding hydrogens is 342 g/mol. The van der Waals surface area contributed by atoms with Gasteiger partial charge in [0.05, 0.1) is 17.6 Å². The van der Waals surface area contributed by atoms with E-state index < -0.39 is 0 Å². The van der Waals surface area contributed by atoms with Crippen LogP contribution in [0, 0.1) is 6.92 Å². The van der Waals surface area contributed by atoms with Gasteiger partial charge in [0.1, 0.15) is 5.69 Å². The number of hydrogen-bond acceptors (Lipinski definition) is 7. The lowest BCUT2D eigenvalue weighted by Crippen LogP contribution is -2.45. The molecule has 0 atom stereocenters. The predicted molar refractivity (Wildman–Crippen MR) is 102 cm³/mol. The fraction of sp³-hybridized carbons (Fsp3) is 0.526. The molecule has 142 valence electrons. The van der Waals surface area contributed by atoms with Crippen molar-refractivity contribution in [1.82, 2.24) is 30.0 Å². The van der Waals surface area contributed by atoms with Crippen molar-refractivity contribution in [2.24, 2.45) is 0 Å². The van der Waals surface area contributed by atoms with Crippen LogP contribution >= 0.6 is 0 Å². The Morgan fingerprint density at radius 2 is 1.74 bits per heavy atom. The van der Waals surface area contributed by atoms with Crippen LogP contribution in [0.5, 0.6) is 0 Å². The largest absolute Gasteiger partial charge is 0.353 e. The number of aryl methyl sites for hydroxylation is 1. The van der Waals surface area contributed by atoms with E-state index in [1.165, 1.54) is 5.56 Å². The number of hydrogen-bond donors (Lipinski definition) is 0. The van der Waals surface area contributed by atoms with Crippen molar-refractivity contribution >= 4 is 11.7 Å². The van der Waals surface area contributed by atoms with Crippen molar-refractivity contribution in [1.29, 1.82) is 0 Å². The molecule has 2 aliphatic heterocycles. The van der Waals surface area contributed by atoms with Crippen LogP contribution in [0.15, 0.2) is 18.5 Å². The Hall–Kier alpha value is -2.61. The summed E-state index contributed by atoms with van der Waals surface area (Å²) < 4.78 is 0. The Balaban J connectivity index is 1.46. The Labute approximate surface area is 159 Å². The number of amides is 1. The number of fused-ring (bicyclic) bond motifs is 1. The summed E-state index contributed by atoms with van der Waals surface area (Å²) >= 11 is 0. The van der Waals surface area contributed by atoms with Crippen LogP contribution in [0.3, 0.4) is 0 Å². The summed E-state index contributed by atoms with van der Waals surface area (Å²) in [4.78, 5) is 27.6. The lowest BCUT2D eigenvalue weighted by atomic mass is 10.1. The first-order chi connectivity index (χ1) is 13.1. The van der Waals surface area contributed by atoms with Crippen molar-refractivity contribution in [3.8, 4) is 0 Å². The SMILES string of the molecule is Cc1cnc(C(=O)N2CCc3cc(N4CCN(C)CC4)nnc3CC2)cn1. The summed E-state index contributed by atoms with van der Waals surface area (Å²) in [5, 5.41) is 8.93. The van der Waals surface area contributed by atoms with Crippen molar-refractivity contribution in [2.45, 2.75) is 19.8 Å². The summed E-state index contributed by atoms with van der Waals surface area (Å²) in [6.45, 7) is 7.18. The van der Waals surface area contributed by atoms with Gasteiger partial charge in [-0.15, -0.1) is 5.10 Å². The van der Waals surface area contributed by atoms with Crippen LogP contribution in [-0.2, 0) is 12.8 Å². The molecule has 0 N–H and O–H groups in total. The highest BCUT2D eigenvalue weighted by molar-refractivity contribution is 5.92. The third-order valence-corrected chi connectivity index (χ3v) is 5.33. The highest BCUT2D eigenvalue weighted by Gasteiger charge is 2.23. The van der Waals surface area contributed by atoms with Gasteiger partial charge in [-0.25, -0.2) is 4.98 Å². The third-order valence-electron chi connectivity index (χ3n) is 5.33. The molecule has 2 aromatic rings. The summed E-state index contributed by atoms with van der Waals surface area (Å²) in [6, 6.07) is 2.16. The Morgan fingerprint density at radius 1 is 0.963 bits per heavy atom. The molecule has 1 amide bonds. The fourth-order valence-corrected chi connectivity index (χ4v) is 3.54. The predicted octanol–water partition coefficient (Wildman–Crippen LogP) is 0.568. The van der Waals surface area contributed by atoms with Crippen LogP contribution in [0.1, 0.15) is 27.4 Å². The summed E-state index contributed by atoms with van der Waals surface area (Å²) in [5.74, 6) is 0.883. The van der Waals surface area contributed by atoms with E-state index in [1.807, 2.05) is 11.8 Å². The van der Waals surface area contributed by atoms with Gasteiger partial charge in [-0.05, 0) is 32.0 Å². The Kier molecular flexibility index (Phi) is 4.98. The fourth-order valence-electron chi connectivity index (χ4n) is 3.54. The van der Waals surface area contributed by atoms with Crippen molar-refractivity contribution in [3.05, 3.63) is 41.1 Å². The molecule has 0 unspecified atom stereocenters. The maximum absolute atomic E-state index is 12.7. The van der Waals surface area contributed by atoms with E-state index in [2.05, 4.69) is 43.1 Å². The topological polar surface area (TPSA) is 78.4 Å². The minimum Gasteiger partial charge on any atom is -0.353 e. The maximum Gasteiger partial charge on any atom is 0.274 e. The number of aromatic nitrogens is 4. The molecule has 0 spiro atoms. The maximum atomic E-state index is 12.7. The van der Waals surface area contributed by atoms with Crippen molar-refractivity contribution in [2.75, 3.05) is 51.2 Å². The average Bonchev–Trinajstić information content (AvgIpc) is 2.91. The van der Waals surface area contributed by atoms with E-state index in [0.29, 0.717) is 18.8 Å².